The molecule has 3 aromatic rings. The van der Waals surface area contributed by atoms with E-state index in [4.69, 9.17) is 4.74 Å². The number of benzene rings is 2. The summed E-state index contributed by atoms with van der Waals surface area (Å²) in [5.74, 6) is 0.456. The molecule has 7 heteroatoms. The third-order valence-electron chi connectivity index (χ3n) is 6.33. The number of ether oxygens (including phenoxy) is 1. The van der Waals surface area contributed by atoms with Gasteiger partial charge in [-0.2, -0.15) is 5.10 Å². The molecule has 2 amide bonds. The van der Waals surface area contributed by atoms with Crippen molar-refractivity contribution < 1.29 is 14.3 Å². The number of aromatic nitrogens is 2. The molecule has 0 unspecified atom stereocenters. The van der Waals surface area contributed by atoms with Crippen LogP contribution in [-0.4, -0.2) is 64.7 Å². The summed E-state index contributed by atoms with van der Waals surface area (Å²) in [4.78, 5) is 30.3. The van der Waals surface area contributed by atoms with Crippen LogP contribution >= 0.6 is 0 Å². The van der Waals surface area contributed by atoms with Crippen molar-refractivity contribution in [1.29, 1.82) is 0 Å². The zero-order valence-corrected chi connectivity index (χ0v) is 19.4. The van der Waals surface area contributed by atoms with Crippen LogP contribution in [0.3, 0.4) is 0 Å². The van der Waals surface area contributed by atoms with Crippen molar-refractivity contribution in [2.75, 3.05) is 33.3 Å². The Hall–Kier alpha value is -3.61. The van der Waals surface area contributed by atoms with E-state index in [9.17, 15) is 9.59 Å². The number of methoxy groups -OCH3 is 1. The van der Waals surface area contributed by atoms with E-state index in [2.05, 4.69) is 17.2 Å². The van der Waals surface area contributed by atoms with Gasteiger partial charge in [-0.15, -0.1) is 0 Å². The highest BCUT2D eigenvalue weighted by molar-refractivity contribution is 5.93. The van der Waals surface area contributed by atoms with Crippen LogP contribution < -0.4 is 4.74 Å². The molecule has 1 saturated heterocycles. The van der Waals surface area contributed by atoms with Gasteiger partial charge in [0.2, 0.25) is 5.91 Å². The normalized spacial score (nSPS) is 16.6. The van der Waals surface area contributed by atoms with E-state index in [1.165, 1.54) is 0 Å². The molecule has 2 heterocycles. The fraction of sp³-hybridized carbons (Fsp3) is 0.346. The van der Waals surface area contributed by atoms with Gasteiger partial charge < -0.3 is 14.5 Å². The lowest BCUT2D eigenvalue weighted by Crippen LogP contribution is -2.38. The van der Waals surface area contributed by atoms with Crippen molar-refractivity contribution in [2.45, 2.75) is 13.3 Å². The number of nitrogens with zero attached hydrogens (tertiary/aromatic N) is 4. The zero-order chi connectivity index (χ0) is 23.4. The van der Waals surface area contributed by atoms with Gasteiger partial charge in [-0.25, -0.2) is 0 Å². The molecule has 0 N–H and O–H groups in total. The first-order chi connectivity index (χ1) is 16.0. The molecule has 2 aromatic carbocycles. The van der Waals surface area contributed by atoms with Gasteiger partial charge in [0.15, 0.2) is 0 Å². The number of rotatable bonds is 6. The topological polar surface area (TPSA) is 67.7 Å². The van der Waals surface area contributed by atoms with Crippen molar-refractivity contribution in [2.24, 2.45) is 13.0 Å². The largest absolute Gasteiger partial charge is 0.496 e. The van der Waals surface area contributed by atoms with Crippen LogP contribution in [0.1, 0.15) is 23.0 Å². The molecule has 4 rings (SSSR count). The maximum atomic E-state index is 13.4. The minimum Gasteiger partial charge on any atom is -0.496 e. The highest BCUT2D eigenvalue weighted by Gasteiger charge is 2.33. The number of likely N-dealkylation sites (N-methyl/N-ethyl adjacent to an activating group) is 1. The van der Waals surface area contributed by atoms with E-state index in [1.807, 2.05) is 48.2 Å². The highest BCUT2D eigenvalue weighted by Crippen LogP contribution is 2.33. The van der Waals surface area contributed by atoms with Gasteiger partial charge in [-0.1, -0.05) is 42.5 Å². The Morgan fingerprint density at radius 1 is 1.06 bits per heavy atom. The first-order valence-corrected chi connectivity index (χ1v) is 11.3. The molecule has 1 aromatic heterocycles. The van der Waals surface area contributed by atoms with Gasteiger partial charge in [0, 0.05) is 45.0 Å². The predicted octanol–water partition coefficient (Wildman–Crippen LogP) is 3.26. The van der Waals surface area contributed by atoms with Gasteiger partial charge >= 0.3 is 0 Å². The monoisotopic (exact) mass is 446 g/mol. The summed E-state index contributed by atoms with van der Waals surface area (Å²) < 4.78 is 7.17. The fourth-order valence-electron chi connectivity index (χ4n) is 4.53. The van der Waals surface area contributed by atoms with Crippen LogP contribution in [0.4, 0.5) is 0 Å². The number of hydrogen-bond acceptors (Lipinski definition) is 4. The highest BCUT2D eigenvalue weighted by atomic mass is 16.5. The standard InChI is InChI=1S/C26H30N4O3/c1-4-29-15-16-30(26(32)23-13-14-27-28(23)2)18-20(25(29)31)17-19-9-5-6-10-21(19)22-11-7-8-12-24(22)33-3/h5-14,20H,4,15-18H2,1-3H3/t20-/m1/s1. The molecule has 172 valence electrons. The quantitative estimate of drug-likeness (QED) is 0.583. The summed E-state index contributed by atoms with van der Waals surface area (Å²) in [6.07, 6.45) is 2.16. The second-order valence-corrected chi connectivity index (χ2v) is 8.27. The molecule has 0 aliphatic carbocycles. The van der Waals surface area contributed by atoms with E-state index in [0.717, 1.165) is 22.4 Å². The second-order valence-electron chi connectivity index (χ2n) is 8.27. The summed E-state index contributed by atoms with van der Waals surface area (Å²) in [5, 5.41) is 4.13. The van der Waals surface area contributed by atoms with Crippen molar-refractivity contribution in [3.8, 4) is 16.9 Å². The summed E-state index contributed by atoms with van der Waals surface area (Å²) in [7, 11) is 3.42. The Morgan fingerprint density at radius 2 is 1.79 bits per heavy atom. The summed E-state index contributed by atoms with van der Waals surface area (Å²) in [6.45, 7) is 4.02. The van der Waals surface area contributed by atoms with Crippen LogP contribution in [0.2, 0.25) is 0 Å². The average molecular weight is 447 g/mol. The minimum absolute atomic E-state index is 0.0904. The smallest absolute Gasteiger partial charge is 0.272 e. The van der Waals surface area contributed by atoms with Gasteiger partial charge in [-0.05, 0) is 36.6 Å². The Labute approximate surface area is 194 Å². The van der Waals surface area contributed by atoms with Crippen LogP contribution in [0.15, 0.2) is 60.8 Å². The number of hydrogen-bond donors (Lipinski definition) is 0. The molecule has 0 bridgehead atoms. The van der Waals surface area contributed by atoms with Gasteiger partial charge in [0.25, 0.3) is 5.91 Å². The third kappa shape index (κ3) is 4.62. The van der Waals surface area contributed by atoms with Crippen molar-refractivity contribution in [3.05, 3.63) is 72.1 Å². The van der Waals surface area contributed by atoms with Crippen molar-refractivity contribution >= 4 is 11.8 Å². The van der Waals surface area contributed by atoms with E-state index in [1.54, 1.807) is 36.0 Å². The molecule has 1 atom stereocenters. The van der Waals surface area contributed by atoms with Crippen LogP contribution in [0.25, 0.3) is 11.1 Å². The lowest BCUT2D eigenvalue weighted by atomic mass is 9.91. The van der Waals surface area contributed by atoms with E-state index in [0.29, 0.717) is 38.3 Å². The Bertz CT molecular complexity index is 1140. The molecule has 0 radical (unpaired) electrons. The van der Waals surface area contributed by atoms with E-state index < -0.39 is 0 Å². The van der Waals surface area contributed by atoms with Crippen molar-refractivity contribution in [1.82, 2.24) is 19.6 Å². The van der Waals surface area contributed by atoms with Gasteiger partial charge in [-0.3, -0.25) is 14.3 Å². The maximum Gasteiger partial charge on any atom is 0.272 e. The maximum absolute atomic E-state index is 13.4. The minimum atomic E-state index is -0.333. The number of carbonyl (C=O) groups is 2. The molecule has 0 spiro atoms. The summed E-state index contributed by atoms with van der Waals surface area (Å²) >= 11 is 0. The third-order valence-corrected chi connectivity index (χ3v) is 6.33. The van der Waals surface area contributed by atoms with Crippen LogP contribution in [-0.2, 0) is 18.3 Å². The molecular weight excluding hydrogens is 416 g/mol. The lowest BCUT2D eigenvalue weighted by Gasteiger charge is -2.24. The molecule has 1 fully saturated rings. The first-order valence-electron chi connectivity index (χ1n) is 11.3. The molecule has 7 nitrogen and oxygen atoms in total. The second kappa shape index (κ2) is 9.90. The van der Waals surface area contributed by atoms with Crippen LogP contribution in [0, 0.1) is 5.92 Å². The van der Waals surface area contributed by atoms with E-state index >= 15 is 0 Å². The number of amides is 2. The molecule has 33 heavy (non-hydrogen) atoms. The number of aryl methyl sites for hydroxylation is 1. The predicted molar refractivity (Wildman–Crippen MR) is 127 cm³/mol. The fourth-order valence-corrected chi connectivity index (χ4v) is 4.53. The molecule has 1 aliphatic heterocycles. The van der Waals surface area contributed by atoms with Crippen LogP contribution in [0.5, 0.6) is 5.75 Å². The average Bonchev–Trinajstić information content (AvgIpc) is 3.21. The van der Waals surface area contributed by atoms with Gasteiger partial charge in [0.1, 0.15) is 11.4 Å². The first kappa shape index (κ1) is 22.6. The Kier molecular flexibility index (Phi) is 6.77. The summed E-state index contributed by atoms with van der Waals surface area (Å²) in [5.41, 5.74) is 3.62. The zero-order valence-electron chi connectivity index (χ0n) is 19.4. The number of carbonyl (C=O) groups excluding carboxylic acids is 2. The van der Waals surface area contributed by atoms with E-state index in [-0.39, 0.29) is 17.7 Å². The Balaban J connectivity index is 1.66. The SMILES string of the molecule is CCN1CCN(C(=O)c2ccnn2C)C[C@@H](Cc2ccccc2-c2ccccc2OC)C1=O. The Morgan fingerprint density at radius 3 is 2.48 bits per heavy atom. The van der Waals surface area contributed by atoms with Gasteiger partial charge in [0.05, 0.1) is 13.0 Å². The van der Waals surface area contributed by atoms with Crippen molar-refractivity contribution in [3.63, 3.8) is 0 Å². The lowest BCUT2D eigenvalue weighted by molar-refractivity contribution is -0.134. The molecule has 1 aliphatic rings. The summed E-state index contributed by atoms with van der Waals surface area (Å²) in [6, 6.07) is 17.7. The molecular formula is C26H30N4O3. The number of para-hydroxylation sites is 1. The molecule has 0 saturated carbocycles.